The van der Waals surface area contributed by atoms with E-state index in [0.717, 1.165) is 33.3 Å². The summed E-state index contributed by atoms with van der Waals surface area (Å²) in [5, 5.41) is 0. The SMILES string of the molecule is C[n+]1ccc(-c2ccc(-c3cc[n+](C)cc3)c3nsnc23)cc1. The van der Waals surface area contributed by atoms with Crippen LogP contribution in [-0.2, 0) is 14.1 Å². The van der Waals surface area contributed by atoms with E-state index >= 15 is 0 Å². The summed E-state index contributed by atoms with van der Waals surface area (Å²) in [5.74, 6) is 0. The molecular formula is C18H16N4S+2. The van der Waals surface area contributed by atoms with Crippen molar-refractivity contribution in [3.05, 3.63) is 61.2 Å². The highest BCUT2D eigenvalue weighted by Gasteiger charge is 2.14. The molecule has 112 valence electrons. The predicted molar refractivity (Wildman–Crippen MR) is 90.6 cm³/mol. The van der Waals surface area contributed by atoms with E-state index in [1.165, 1.54) is 11.7 Å². The zero-order valence-electron chi connectivity index (χ0n) is 13.0. The molecule has 0 aliphatic heterocycles. The lowest BCUT2D eigenvalue weighted by Gasteiger charge is -2.06. The minimum absolute atomic E-state index is 0.967. The van der Waals surface area contributed by atoms with E-state index in [0.29, 0.717) is 0 Å². The van der Waals surface area contributed by atoms with Gasteiger partial charge in [0.1, 0.15) is 25.1 Å². The number of rotatable bonds is 2. The van der Waals surface area contributed by atoms with Crippen LogP contribution >= 0.6 is 11.7 Å². The summed E-state index contributed by atoms with van der Waals surface area (Å²) in [6.45, 7) is 0. The molecule has 0 unspecified atom stereocenters. The Morgan fingerprint density at radius 2 is 1.04 bits per heavy atom. The molecule has 3 heterocycles. The molecule has 4 aromatic rings. The Kier molecular flexibility index (Phi) is 3.35. The molecule has 3 aromatic heterocycles. The molecule has 4 nitrogen and oxygen atoms in total. The van der Waals surface area contributed by atoms with Crippen molar-refractivity contribution in [2.75, 3.05) is 0 Å². The van der Waals surface area contributed by atoms with Crippen LogP contribution in [0.4, 0.5) is 0 Å². The third-order valence-electron chi connectivity index (χ3n) is 3.99. The zero-order chi connectivity index (χ0) is 15.8. The van der Waals surface area contributed by atoms with Crippen molar-refractivity contribution in [3.8, 4) is 22.3 Å². The van der Waals surface area contributed by atoms with Crippen LogP contribution in [0.25, 0.3) is 33.3 Å². The predicted octanol–water partition coefficient (Wildman–Crippen LogP) is 2.67. The van der Waals surface area contributed by atoms with Crippen LogP contribution in [0, 0.1) is 0 Å². The Bertz CT molecular complexity index is 893. The van der Waals surface area contributed by atoms with Crippen LogP contribution < -0.4 is 9.13 Å². The molecule has 0 aliphatic carbocycles. The highest BCUT2D eigenvalue weighted by atomic mass is 32.1. The van der Waals surface area contributed by atoms with Crippen LogP contribution in [0.15, 0.2) is 61.2 Å². The third-order valence-corrected chi connectivity index (χ3v) is 4.52. The standard InChI is InChI=1S/C18H16N4S/c1-21-9-5-13(6-10-21)15-3-4-16(18-17(15)19-23-20-18)14-7-11-22(2)12-8-14/h3-12H,1-2H3/q+2. The van der Waals surface area contributed by atoms with Gasteiger partial charge in [-0.1, -0.05) is 12.1 Å². The number of nitrogens with zero attached hydrogens (tertiary/aromatic N) is 4. The second-order valence-electron chi connectivity index (χ2n) is 5.63. The van der Waals surface area contributed by atoms with E-state index in [4.69, 9.17) is 0 Å². The highest BCUT2D eigenvalue weighted by molar-refractivity contribution is 7.00. The van der Waals surface area contributed by atoms with Crippen molar-refractivity contribution in [2.45, 2.75) is 0 Å². The van der Waals surface area contributed by atoms with Gasteiger partial charge in [-0.05, 0) is 11.1 Å². The van der Waals surface area contributed by atoms with Gasteiger partial charge in [0, 0.05) is 35.4 Å². The van der Waals surface area contributed by atoms with Crippen molar-refractivity contribution in [2.24, 2.45) is 14.1 Å². The van der Waals surface area contributed by atoms with Crippen LogP contribution in [0.1, 0.15) is 0 Å². The number of pyridine rings is 2. The Hall–Kier alpha value is -2.66. The number of aromatic nitrogens is 4. The minimum Gasteiger partial charge on any atom is -0.208 e. The number of benzene rings is 1. The highest BCUT2D eigenvalue weighted by Crippen LogP contribution is 2.33. The third kappa shape index (κ3) is 2.49. The molecule has 1 aromatic carbocycles. The molecule has 0 bridgehead atoms. The first-order valence-corrected chi connectivity index (χ1v) is 8.12. The van der Waals surface area contributed by atoms with Crippen molar-refractivity contribution < 1.29 is 9.13 Å². The van der Waals surface area contributed by atoms with Gasteiger partial charge < -0.3 is 0 Å². The summed E-state index contributed by atoms with van der Waals surface area (Å²) >= 11 is 1.27. The normalized spacial score (nSPS) is 11.0. The van der Waals surface area contributed by atoms with Crippen LogP contribution in [-0.4, -0.2) is 8.75 Å². The molecule has 23 heavy (non-hydrogen) atoms. The largest absolute Gasteiger partial charge is 0.208 e. The lowest BCUT2D eigenvalue weighted by molar-refractivity contribution is -0.671. The minimum atomic E-state index is 0.967. The molecule has 0 saturated heterocycles. The van der Waals surface area contributed by atoms with Crippen LogP contribution in [0.5, 0.6) is 0 Å². The molecule has 0 fully saturated rings. The molecular weight excluding hydrogens is 304 g/mol. The second-order valence-corrected chi connectivity index (χ2v) is 6.16. The Labute approximate surface area is 138 Å². The van der Waals surface area contributed by atoms with Gasteiger partial charge in [0.15, 0.2) is 24.8 Å². The maximum atomic E-state index is 4.54. The number of hydrogen-bond acceptors (Lipinski definition) is 3. The van der Waals surface area contributed by atoms with Crippen molar-refractivity contribution in [1.29, 1.82) is 0 Å². The lowest BCUT2D eigenvalue weighted by atomic mass is 9.99. The van der Waals surface area contributed by atoms with Gasteiger partial charge in [0.25, 0.3) is 0 Å². The van der Waals surface area contributed by atoms with Gasteiger partial charge in [0.05, 0.1) is 11.7 Å². The molecule has 0 radical (unpaired) electrons. The molecule has 0 amide bonds. The quantitative estimate of drug-likeness (QED) is 0.532. The smallest absolute Gasteiger partial charge is 0.169 e. The zero-order valence-corrected chi connectivity index (χ0v) is 13.8. The number of fused-ring (bicyclic) bond motifs is 1. The fraction of sp³-hybridized carbons (Fsp3) is 0.111. The Morgan fingerprint density at radius 1 is 0.652 bits per heavy atom. The van der Waals surface area contributed by atoms with E-state index in [1.807, 2.05) is 48.0 Å². The summed E-state index contributed by atoms with van der Waals surface area (Å²) in [6, 6.07) is 12.7. The van der Waals surface area contributed by atoms with Gasteiger partial charge in [0.2, 0.25) is 0 Å². The van der Waals surface area contributed by atoms with E-state index in [1.54, 1.807) is 0 Å². The summed E-state index contributed by atoms with van der Waals surface area (Å²) in [5.41, 5.74) is 6.50. The summed E-state index contributed by atoms with van der Waals surface area (Å²) in [7, 11) is 4.03. The molecule has 0 spiro atoms. The topological polar surface area (TPSA) is 33.5 Å². The van der Waals surface area contributed by atoms with Gasteiger partial charge in [-0.2, -0.15) is 8.75 Å². The van der Waals surface area contributed by atoms with E-state index in [-0.39, 0.29) is 0 Å². The number of hydrogen-bond donors (Lipinski definition) is 0. The molecule has 0 aliphatic rings. The summed E-state index contributed by atoms with van der Waals surface area (Å²) in [4.78, 5) is 0. The van der Waals surface area contributed by atoms with Crippen LogP contribution in [0.3, 0.4) is 0 Å². The van der Waals surface area contributed by atoms with E-state index in [9.17, 15) is 0 Å². The molecule has 4 rings (SSSR count). The molecule has 0 atom stereocenters. The number of aryl methyl sites for hydroxylation is 2. The van der Waals surface area contributed by atoms with Crippen LogP contribution in [0.2, 0.25) is 0 Å². The van der Waals surface area contributed by atoms with Gasteiger partial charge in [-0.3, -0.25) is 0 Å². The first kappa shape index (κ1) is 14.0. The van der Waals surface area contributed by atoms with Crippen molar-refractivity contribution >= 4 is 22.8 Å². The van der Waals surface area contributed by atoms with Gasteiger partial charge in [-0.15, -0.1) is 0 Å². The van der Waals surface area contributed by atoms with Crippen molar-refractivity contribution in [3.63, 3.8) is 0 Å². The fourth-order valence-electron chi connectivity index (χ4n) is 2.69. The Morgan fingerprint density at radius 3 is 1.43 bits per heavy atom. The van der Waals surface area contributed by atoms with Gasteiger partial charge >= 0.3 is 0 Å². The van der Waals surface area contributed by atoms with Gasteiger partial charge in [-0.25, -0.2) is 9.13 Å². The van der Waals surface area contributed by atoms with Crippen molar-refractivity contribution in [1.82, 2.24) is 8.75 Å². The first-order valence-electron chi connectivity index (χ1n) is 7.39. The lowest BCUT2D eigenvalue weighted by Crippen LogP contribution is -2.25. The summed E-state index contributed by atoms with van der Waals surface area (Å²) in [6.07, 6.45) is 8.19. The average Bonchev–Trinajstić information content (AvgIpc) is 3.05. The van der Waals surface area contributed by atoms with E-state index < -0.39 is 0 Å². The second kappa shape index (κ2) is 5.52. The molecule has 0 saturated carbocycles. The molecule has 5 heteroatoms. The first-order chi connectivity index (χ1) is 11.2. The average molecular weight is 320 g/mol. The molecule has 0 N–H and O–H groups in total. The Balaban J connectivity index is 1.91. The maximum absolute atomic E-state index is 4.54. The fourth-order valence-corrected chi connectivity index (χ4v) is 3.27. The monoisotopic (exact) mass is 320 g/mol. The van der Waals surface area contributed by atoms with E-state index in [2.05, 4.69) is 45.1 Å². The summed E-state index contributed by atoms with van der Waals surface area (Å²) < 4.78 is 13.1. The maximum Gasteiger partial charge on any atom is 0.169 e.